The molecule has 0 atom stereocenters. The first-order valence-corrected chi connectivity index (χ1v) is 11.5. The van der Waals surface area contributed by atoms with Crippen LogP contribution in [0.15, 0.2) is 18.2 Å². The molecule has 25 heavy (non-hydrogen) atoms. The summed E-state index contributed by atoms with van der Waals surface area (Å²) in [5, 5.41) is 0. The maximum absolute atomic E-state index is 6.94. The molecule has 5 heteroatoms. The van der Waals surface area contributed by atoms with Crippen molar-refractivity contribution in [1.29, 1.82) is 0 Å². The van der Waals surface area contributed by atoms with Crippen LogP contribution in [-0.2, 0) is 26.2 Å². The second-order valence-corrected chi connectivity index (χ2v) is 12.3. The van der Waals surface area contributed by atoms with Gasteiger partial charge in [0.25, 0.3) is 0 Å². The minimum Gasteiger partial charge on any atom is -0.673 e. The van der Waals surface area contributed by atoms with Crippen LogP contribution in [0.2, 0.25) is 19.6 Å². The first kappa shape index (κ1) is 36.4. The minimum absolute atomic E-state index is 0. The van der Waals surface area contributed by atoms with E-state index in [0.29, 0.717) is 0 Å². The molecule has 1 rings (SSSR count). The predicted molar refractivity (Wildman–Crippen MR) is 117 cm³/mol. The van der Waals surface area contributed by atoms with Gasteiger partial charge in [0.05, 0.1) is 0 Å². The predicted octanol–water partition coefficient (Wildman–Crippen LogP) is 8.19. The third-order valence-electron chi connectivity index (χ3n) is 0.586. The standard InChI is InChI=1S/C5H5.3C4H10N.C3H9Si.Zr/c1-2-4-5-3-1;3*1-4(2,3)5;1-4(2)3;/h1-3H,4H2;3*5H,1-3H3;1-3H3;/q4*-1;;+4. The van der Waals surface area contributed by atoms with E-state index in [1.165, 1.54) is 0 Å². The maximum Gasteiger partial charge on any atom is 4.00 e. The van der Waals surface area contributed by atoms with Gasteiger partial charge in [-0.2, -0.15) is 6.08 Å². The molecule has 0 aromatic rings. The van der Waals surface area contributed by atoms with Gasteiger partial charge in [-0.3, -0.25) is 6.08 Å². The summed E-state index contributed by atoms with van der Waals surface area (Å²) in [6.07, 6.45) is 10.0. The fraction of sp³-hybridized carbons (Fsp3) is 0.800. The summed E-state index contributed by atoms with van der Waals surface area (Å²) in [6, 6.07) is 0. The Hall–Kier alpha value is 0.460. The molecule has 0 spiro atoms. The van der Waals surface area contributed by atoms with Crippen LogP contribution >= 0.6 is 0 Å². The Balaban J connectivity index is -0.0000000662. The van der Waals surface area contributed by atoms with E-state index in [1.54, 1.807) is 0 Å². The second kappa shape index (κ2) is 19.2. The van der Waals surface area contributed by atoms with Crippen molar-refractivity contribution in [2.75, 3.05) is 0 Å². The number of rotatable bonds is 0. The summed E-state index contributed by atoms with van der Waals surface area (Å²) >= 11 is 0. The average molecular weight is 446 g/mol. The minimum atomic E-state index is -0.250. The van der Waals surface area contributed by atoms with Crippen molar-refractivity contribution >= 4 is 8.80 Å². The Morgan fingerprint density at radius 1 is 0.720 bits per heavy atom. The van der Waals surface area contributed by atoms with E-state index in [-0.39, 0.29) is 51.6 Å². The molecule has 0 aliphatic heterocycles. The third kappa shape index (κ3) is 414. The van der Waals surface area contributed by atoms with Gasteiger partial charge < -0.3 is 17.2 Å². The summed E-state index contributed by atoms with van der Waals surface area (Å²) in [7, 11) is 0.120. The van der Waals surface area contributed by atoms with Crippen molar-refractivity contribution in [3.05, 3.63) is 41.5 Å². The van der Waals surface area contributed by atoms with Gasteiger partial charge in [0.15, 0.2) is 0 Å². The van der Waals surface area contributed by atoms with Gasteiger partial charge in [-0.05, 0) is 0 Å². The van der Waals surface area contributed by atoms with Crippen molar-refractivity contribution in [3.8, 4) is 0 Å². The molecule has 0 fully saturated rings. The first-order chi connectivity index (χ1) is 10.2. The Morgan fingerprint density at radius 2 is 0.920 bits per heavy atom. The smallest absolute Gasteiger partial charge is 0.673 e. The SMILES string of the molecule is CC(C)(C)[NH-].CC(C)(C)[NH-].CC(C)(C)[NH-].C[Si](C)C.[C-]1=CC=CC1.[Zr+4]. The monoisotopic (exact) mass is 444 g/mol. The van der Waals surface area contributed by atoms with E-state index in [0.717, 1.165) is 6.42 Å². The van der Waals surface area contributed by atoms with Crippen LogP contribution in [0.3, 0.4) is 0 Å². The normalized spacial score (nSPS) is 12.2. The van der Waals surface area contributed by atoms with Gasteiger partial charge in [-0.25, -0.2) is 12.2 Å². The average Bonchev–Trinajstić information content (AvgIpc) is 2.61. The fourth-order valence-corrected chi connectivity index (χ4v) is 0.340. The zero-order valence-electron chi connectivity index (χ0n) is 18.9. The summed E-state index contributed by atoms with van der Waals surface area (Å²) in [4.78, 5) is 0. The molecule has 0 amide bonds. The van der Waals surface area contributed by atoms with Crippen molar-refractivity contribution in [3.63, 3.8) is 0 Å². The molecule has 0 bridgehead atoms. The summed E-state index contributed by atoms with van der Waals surface area (Å²) in [6.45, 7) is 23.5. The van der Waals surface area contributed by atoms with Crippen molar-refractivity contribution in [2.45, 2.75) is 105 Å². The second-order valence-electron chi connectivity index (χ2n) is 9.25. The molecule has 0 saturated heterocycles. The molecule has 3 nitrogen and oxygen atoms in total. The molecule has 0 aromatic heterocycles. The molecule has 3 N–H and O–H groups in total. The van der Waals surface area contributed by atoms with Gasteiger partial charge in [0.2, 0.25) is 0 Å². The zero-order chi connectivity index (χ0) is 20.6. The summed E-state index contributed by atoms with van der Waals surface area (Å²) in [5.41, 5.74) is 20.1. The van der Waals surface area contributed by atoms with Crippen LogP contribution in [0.25, 0.3) is 17.2 Å². The van der Waals surface area contributed by atoms with E-state index < -0.39 is 0 Å². The number of nitrogens with one attached hydrogen (secondary N) is 3. The largest absolute Gasteiger partial charge is 4.00 e. The Morgan fingerprint density at radius 3 is 0.960 bits per heavy atom. The van der Waals surface area contributed by atoms with Crippen LogP contribution in [-0.4, -0.2) is 25.4 Å². The van der Waals surface area contributed by atoms with Gasteiger partial charge in [-0.1, -0.05) is 82.0 Å². The molecule has 0 saturated carbocycles. The summed E-state index contributed by atoms with van der Waals surface area (Å²) in [5.74, 6) is 0. The van der Waals surface area contributed by atoms with Crippen molar-refractivity contribution in [2.24, 2.45) is 0 Å². The molecule has 1 aliphatic carbocycles. The van der Waals surface area contributed by atoms with E-state index in [9.17, 15) is 0 Å². The van der Waals surface area contributed by atoms with Gasteiger partial charge in [0, 0.05) is 8.80 Å². The molecular weight excluding hydrogens is 402 g/mol. The Kier molecular flexibility index (Phi) is 28.0. The van der Waals surface area contributed by atoms with Crippen molar-refractivity contribution < 1.29 is 26.2 Å². The van der Waals surface area contributed by atoms with Gasteiger partial charge in [0.1, 0.15) is 0 Å². The van der Waals surface area contributed by atoms with E-state index in [4.69, 9.17) is 17.2 Å². The van der Waals surface area contributed by atoms with Crippen molar-refractivity contribution in [1.82, 2.24) is 0 Å². The Bertz CT molecular complexity index is 247. The fourth-order valence-electron chi connectivity index (χ4n) is 0.340. The van der Waals surface area contributed by atoms with Crippen LogP contribution in [0.1, 0.15) is 68.7 Å². The molecule has 0 aromatic carbocycles. The molecule has 1 radical (unpaired) electrons. The van der Waals surface area contributed by atoms with E-state index >= 15 is 0 Å². The summed E-state index contributed by atoms with van der Waals surface area (Å²) < 4.78 is 0. The van der Waals surface area contributed by atoms with E-state index in [2.05, 4.69) is 31.8 Å². The van der Waals surface area contributed by atoms with Crippen LogP contribution in [0, 0.1) is 6.08 Å². The van der Waals surface area contributed by atoms with E-state index in [1.807, 2.05) is 74.5 Å². The molecule has 1 aliphatic rings. The zero-order valence-corrected chi connectivity index (χ0v) is 22.4. The van der Waals surface area contributed by atoms with Gasteiger partial charge in [-0.15, -0.1) is 23.0 Å². The van der Waals surface area contributed by atoms with Crippen LogP contribution in [0.5, 0.6) is 0 Å². The topological polar surface area (TPSA) is 71.4 Å². The number of hydrogen-bond donors (Lipinski definition) is 0. The molecule has 147 valence electrons. The quantitative estimate of drug-likeness (QED) is 0.266. The molecular formula is C20H44N3SiZr. The maximum atomic E-state index is 6.94. The number of allylic oxidation sites excluding steroid dienone is 4. The number of hydrogen-bond acceptors (Lipinski definition) is 0. The van der Waals surface area contributed by atoms with Crippen LogP contribution < -0.4 is 0 Å². The molecule has 0 heterocycles. The third-order valence-corrected chi connectivity index (χ3v) is 0.586. The molecule has 0 unspecified atom stereocenters. The Labute approximate surface area is 181 Å². The van der Waals surface area contributed by atoms with Crippen LogP contribution in [0.4, 0.5) is 0 Å². The first-order valence-electron chi connectivity index (χ1n) is 8.47. The van der Waals surface area contributed by atoms with Gasteiger partial charge >= 0.3 is 26.2 Å².